The molecule has 2 unspecified atom stereocenters. The Bertz CT molecular complexity index is 627. The molecule has 0 radical (unpaired) electrons. The topological polar surface area (TPSA) is 39.7 Å². The molecular formula is C21H29NO3. The lowest BCUT2D eigenvalue weighted by atomic mass is 10.0. The van der Waals surface area contributed by atoms with E-state index in [1.807, 2.05) is 18.2 Å². The van der Waals surface area contributed by atoms with Gasteiger partial charge in [-0.15, -0.1) is 0 Å². The number of nitrogens with one attached hydrogen (secondary N) is 1. The molecule has 0 saturated carbocycles. The van der Waals surface area contributed by atoms with Crippen LogP contribution in [0.5, 0.6) is 5.75 Å². The van der Waals surface area contributed by atoms with E-state index in [2.05, 4.69) is 42.6 Å². The van der Waals surface area contributed by atoms with Gasteiger partial charge in [0.25, 0.3) is 0 Å². The third kappa shape index (κ3) is 5.56. The van der Waals surface area contributed by atoms with Crippen LogP contribution >= 0.6 is 0 Å². The summed E-state index contributed by atoms with van der Waals surface area (Å²) in [5, 5.41) is 3.54. The van der Waals surface area contributed by atoms with Crippen molar-refractivity contribution in [1.29, 1.82) is 0 Å². The molecule has 0 bridgehead atoms. The molecule has 0 spiro atoms. The molecule has 4 nitrogen and oxygen atoms in total. The van der Waals surface area contributed by atoms with Crippen molar-refractivity contribution in [1.82, 2.24) is 5.32 Å². The summed E-state index contributed by atoms with van der Waals surface area (Å²) in [4.78, 5) is 0. The first-order valence-electron chi connectivity index (χ1n) is 8.68. The Morgan fingerprint density at radius 3 is 2.32 bits per heavy atom. The van der Waals surface area contributed by atoms with Crippen LogP contribution in [0.4, 0.5) is 0 Å². The molecule has 2 aromatic carbocycles. The number of hydrogen-bond acceptors (Lipinski definition) is 4. The van der Waals surface area contributed by atoms with Crippen molar-refractivity contribution < 1.29 is 14.2 Å². The second-order valence-corrected chi connectivity index (χ2v) is 6.10. The number of methoxy groups -OCH3 is 3. The van der Waals surface area contributed by atoms with Gasteiger partial charge in [0.2, 0.25) is 0 Å². The number of para-hydroxylation sites is 1. The highest BCUT2D eigenvalue weighted by molar-refractivity contribution is 5.70. The quantitative estimate of drug-likeness (QED) is 0.706. The Kier molecular flexibility index (Phi) is 7.92. The van der Waals surface area contributed by atoms with Gasteiger partial charge in [-0.25, -0.2) is 0 Å². The zero-order chi connectivity index (χ0) is 18.1. The lowest BCUT2D eigenvalue weighted by Crippen LogP contribution is -2.26. The lowest BCUT2D eigenvalue weighted by Gasteiger charge is -2.18. The lowest BCUT2D eigenvalue weighted by molar-refractivity contribution is 0.0235. The summed E-state index contributed by atoms with van der Waals surface area (Å²) < 4.78 is 16.0. The summed E-state index contributed by atoms with van der Waals surface area (Å²) >= 11 is 0. The van der Waals surface area contributed by atoms with E-state index in [-0.39, 0.29) is 12.1 Å². The van der Waals surface area contributed by atoms with Gasteiger partial charge in [0.05, 0.1) is 19.8 Å². The Morgan fingerprint density at radius 2 is 1.68 bits per heavy atom. The highest BCUT2D eigenvalue weighted by Crippen LogP contribution is 2.30. The van der Waals surface area contributed by atoms with Gasteiger partial charge < -0.3 is 19.5 Å². The van der Waals surface area contributed by atoms with Crippen LogP contribution in [-0.4, -0.2) is 40.6 Å². The van der Waals surface area contributed by atoms with E-state index in [1.165, 1.54) is 5.56 Å². The second kappa shape index (κ2) is 10.2. The van der Waals surface area contributed by atoms with Crippen molar-refractivity contribution in [3.63, 3.8) is 0 Å². The summed E-state index contributed by atoms with van der Waals surface area (Å²) in [6, 6.07) is 17.0. The molecule has 4 heteroatoms. The number of benzene rings is 2. The third-order valence-electron chi connectivity index (χ3n) is 4.43. The molecule has 0 heterocycles. The summed E-state index contributed by atoms with van der Waals surface area (Å²) in [5.74, 6) is 0.894. The van der Waals surface area contributed by atoms with Crippen molar-refractivity contribution >= 4 is 0 Å². The maximum Gasteiger partial charge on any atom is 0.126 e. The molecule has 0 aromatic heterocycles. The standard InChI is InChI=1S/C21H29NO3/c1-16(22-14-13-19(24-3)15-23-2)17-9-11-18(12-10-17)20-7-5-6-8-21(20)25-4/h5-12,16,19,22H,13-15H2,1-4H3. The highest BCUT2D eigenvalue weighted by atomic mass is 16.5. The smallest absolute Gasteiger partial charge is 0.126 e. The van der Waals surface area contributed by atoms with Gasteiger partial charge in [0, 0.05) is 25.8 Å². The maximum absolute atomic E-state index is 5.45. The van der Waals surface area contributed by atoms with E-state index in [0.29, 0.717) is 6.61 Å². The van der Waals surface area contributed by atoms with Crippen LogP contribution in [0.1, 0.15) is 24.9 Å². The van der Waals surface area contributed by atoms with Crippen LogP contribution in [0.3, 0.4) is 0 Å². The second-order valence-electron chi connectivity index (χ2n) is 6.10. The summed E-state index contributed by atoms with van der Waals surface area (Å²) in [6.45, 7) is 3.69. The van der Waals surface area contributed by atoms with Crippen LogP contribution < -0.4 is 10.1 Å². The highest BCUT2D eigenvalue weighted by Gasteiger charge is 2.10. The van der Waals surface area contributed by atoms with Crippen LogP contribution in [0.2, 0.25) is 0 Å². The van der Waals surface area contributed by atoms with Crippen molar-refractivity contribution in [3.8, 4) is 16.9 Å². The molecule has 0 aliphatic carbocycles. The first-order valence-corrected chi connectivity index (χ1v) is 8.68. The van der Waals surface area contributed by atoms with Crippen molar-refractivity contribution in [2.45, 2.75) is 25.5 Å². The Hall–Kier alpha value is -1.88. The van der Waals surface area contributed by atoms with Crippen molar-refractivity contribution in [2.75, 3.05) is 34.5 Å². The van der Waals surface area contributed by atoms with Crippen LogP contribution in [0.15, 0.2) is 48.5 Å². The van der Waals surface area contributed by atoms with E-state index in [9.17, 15) is 0 Å². The molecule has 0 amide bonds. The van der Waals surface area contributed by atoms with Gasteiger partial charge >= 0.3 is 0 Å². The average Bonchev–Trinajstić information content (AvgIpc) is 2.67. The molecule has 0 fully saturated rings. The molecule has 25 heavy (non-hydrogen) atoms. The van der Waals surface area contributed by atoms with E-state index in [4.69, 9.17) is 14.2 Å². The van der Waals surface area contributed by atoms with Crippen molar-refractivity contribution in [3.05, 3.63) is 54.1 Å². The first kappa shape index (κ1) is 19.4. The molecule has 0 aliphatic heterocycles. The van der Waals surface area contributed by atoms with Gasteiger partial charge in [0.15, 0.2) is 0 Å². The number of ether oxygens (including phenoxy) is 3. The molecule has 0 aliphatic rings. The van der Waals surface area contributed by atoms with E-state index < -0.39 is 0 Å². The number of rotatable bonds is 10. The molecule has 2 rings (SSSR count). The fraction of sp³-hybridized carbons (Fsp3) is 0.429. The van der Waals surface area contributed by atoms with Gasteiger partial charge in [-0.2, -0.15) is 0 Å². The van der Waals surface area contributed by atoms with E-state index >= 15 is 0 Å². The predicted octanol–water partition coefficient (Wildman–Crippen LogP) is 4.06. The molecular weight excluding hydrogens is 314 g/mol. The van der Waals surface area contributed by atoms with Gasteiger partial charge in [-0.05, 0) is 37.1 Å². The Balaban J connectivity index is 1.95. The first-order chi connectivity index (χ1) is 12.2. The molecule has 1 N–H and O–H groups in total. The van der Waals surface area contributed by atoms with E-state index in [1.54, 1.807) is 21.3 Å². The van der Waals surface area contributed by atoms with Gasteiger partial charge in [0.1, 0.15) is 5.75 Å². The molecule has 2 atom stereocenters. The maximum atomic E-state index is 5.45. The zero-order valence-corrected chi connectivity index (χ0v) is 15.6. The van der Waals surface area contributed by atoms with Crippen molar-refractivity contribution in [2.24, 2.45) is 0 Å². The van der Waals surface area contributed by atoms with Gasteiger partial charge in [-0.3, -0.25) is 0 Å². The van der Waals surface area contributed by atoms with Crippen LogP contribution in [-0.2, 0) is 9.47 Å². The van der Waals surface area contributed by atoms with Gasteiger partial charge in [-0.1, -0.05) is 42.5 Å². The van der Waals surface area contributed by atoms with Crippen LogP contribution in [0, 0.1) is 0 Å². The van der Waals surface area contributed by atoms with Crippen LogP contribution in [0.25, 0.3) is 11.1 Å². The minimum absolute atomic E-state index is 0.137. The number of hydrogen-bond donors (Lipinski definition) is 1. The predicted molar refractivity (Wildman–Crippen MR) is 102 cm³/mol. The SMILES string of the molecule is COCC(CCNC(C)c1ccc(-c2ccccc2OC)cc1)OC. The summed E-state index contributed by atoms with van der Waals surface area (Å²) in [5.41, 5.74) is 3.53. The Labute approximate surface area is 151 Å². The minimum atomic E-state index is 0.137. The molecule has 0 saturated heterocycles. The fourth-order valence-corrected chi connectivity index (χ4v) is 2.87. The van der Waals surface area contributed by atoms with E-state index in [0.717, 1.165) is 29.8 Å². The monoisotopic (exact) mass is 343 g/mol. The third-order valence-corrected chi connectivity index (χ3v) is 4.43. The summed E-state index contributed by atoms with van der Waals surface area (Å²) in [7, 11) is 5.13. The normalized spacial score (nSPS) is 13.4. The molecule has 2 aromatic rings. The molecule has 136 valence electrons. The Morgan fingerprint density at radius 1 is 0.960 bits per heavy atom. The largest absolute Gasteiger partial charge is 0.496 e. The fourth-order valence-electron chi connectivity index (χ4n) is 2.87. The zero-order valence-electron chi connectivity index (χ0n) is 15.6. The minimum Gasteiger partial charge on any atom is -0.496 e. The summed E-state index contributed by atoms with van der Waals surface area (Å²) in [6.07, 6.45) is 1.06. The average molecular weight is 343 g/mol.